The molecule has 9 rings (SSSR count). The van der Waals surface area contributed by atoms with Gasteiger partial charge < -0.3 is 11.1 Å². The van der Waals surface area contributed by atoms with Crippen molar-refractivity contribution in [2.75, 3.05) is 0 Å². The second-order valence-electron chi connectivity index (χ2n) is 10.1. The second kappa shape index (κ2) is 10.7. The van der Waals surface area contributed by atoms with Crippen LogP contribution in [0, 0.1) is 29.9 Å². The maximum atomic E-state index is 5.06. The van der Waals surface area contributed by atoms with Crippen molar-refractivity contribution in [3.05, 3.63) is 158 Å². The van der Waals surface area contributed by atoms with Crippen molar-refractivity contribution >= 4 is 10.9 Å². The van der Waals surface area contributed by atoms with Crippen LogP contribution in [0.5, 0.6) is 0 Å². The molecule has 2 aromatic heterocycles. The third-order valence-corrected chi connectivity index (χ3v) is 7.74. The zero-order chi connectivity index (χ0) is 25.4. The summed E-state index contributed by atoms with van der Waals surface area (Å²) in [6.07, 6.45) is 17.1. The van der Waals surface area contributed by atoms with Crippen LogP contribution < -0.4 is 0 Å². The van der Waals surface area contributed by atoms with E-state index in [0.29, 0.717) is 17.8 Å². The van der Waals surface area contributed by atoms with Gasteiger partial charge in [-0.2, -0.15) is 0 Å². The predicted molar refractivity (Wildman–Crippen MR) is 154 cm³/mol. The normalized spacial score (nSPS) is 23.2. The van der Waals surface area contributed by atoms with Gasteiger partial charge in [0.05, 0.1) is 5.52 Å². The zero-order valence-corrected chi connectivity index (χ0v) is 23.6. The molecule has 2 unspecified atom stereocenters. The fourth-order valence-corrected chi connectivity index (χ4v) is 5.60. The van der Waals surface area contributed by atoms with Crippen molar-refractivity contribution in [2.24, 2.45) is 17.8 Å². The SMILES string of the molecule is [C-]1=CC2C3C=CC1(c1cc(-c4ccccc4)c4ccccc4n1)C=CC23.[Ir].[c-]1ccccc1-c1ccccn1. The van der Waals surface area contributed by atoms with E-state index in [-0.39, 0.29) is 25.5 Å². The Labute approximate surface area is 243 Å². The Morgan fingerprint density at radius 1 is 0.718 bits per heavy atom. The average molecular weight is 679 g/mol. The fraction of sp³-hybridized carbons (Fsp3) is 0.111. The number of fused-ring (bicyclic) bond motifs is 1. The summed E-state index contributed by atoms with van der Waals surface area (Å²) in [7, 11) is 0. The molecule has 3 heteroatoms. The molecule has 3 aromatic carbocycles. The minimum absolute atomic E-state index is 0. The van der Waals surface area contributed by atoms with E-state index in [9.17, 15) is 0 Å². The number of pyridine rings is 2. The van der Waals surface area contributed by atoms with Gasteiger partial charge in [-0.25, -0.2) is 0 Å². The zero-order valence-electron chi connectivity index (χ0n) is 21.2. The Hall–Kier alpha value is -3.91. The average Bonchev–Trinajstić information content (AvgIpc) is 3.78. The van der Waals surface area contributed by atoms with Crippen molar-refractivity contribution in [3.8, 4) is 22.4 Å². The van der Waals surface area contributed by atoms with Crippen LogP contribution in [0.15, 0.2) is 140 Å². The van der Waals surface area contributed by atoms with Gasteiger partial charge in [0.15, 0.2) is 0 Å². The van der Waals surface area contributed by atoms with E-state index < -0.39 is 0 Å². The first-order valence-corrected chi connectivity index (χ1v) is 13.1. The Morgan fingerprint density at radius 3 is 2.21 bits per heavy atom. The van der Waals surface area contributed by atoms with E-state index in [0.717, 1.165) is 22.5 Å². The van der Waals surface area contributed by atoms with Crippen LogP contribution in [-0.4, -0.2) is 9.97 Å². The fourth-order valence-electron chi connectivity index (χ4n) is 5.60. The summed E-state index contributed by atoms with van der Waals surface area (Å²) in [5.74, 6) is 1.97. The van der Waals surface area contributed by atoms with Crippen LogP contribution >= 0.6 is 0 Å². The van der Waals surface area contributed by atoms with Crippen molar-refractivity contribution < 1.29 is 20.1 Å². The van der Waals surface area contributed by atoms with Gasteiger partial charge in [0.1, 0.15) is 0 Å². The maximum absolute atomic E-state index is 5.06. The van der Waals surface area contributed by atoms with Crippen LogP contribution in [-0.2, 0) is 25.5 Å². The number of rotatable bonds is 3. The van der Waals surface area contributed by atoms with Gasteiger partial charge in [0.2, 0.25) is 0 Å². The number of allylic oxidation sites excluding steroid dienone is 6. The monoisotopic (exact) mass is 679 g/mol. The molecule has 1 saturated carbocycles. The first-order chi connectivity index (χ1) is 18.8. The minimum atomic E-state index is -0.341. The summed E-state index contributed by atoms with van der Waals surface area (Å²) < 4.78 is 0. The van der Waals surface area contributed by atoms with Gasteiger partial charge in [-0.3, -0.25) is 11.1 Å². The molecule has 39 heavy (non-hydrogen) atoms. The van der Waals surface area contributed by atoms with Crippen LogP contribution in [0.2, 0.25) is 0 Å². The molecule has 2 heterocycles. The Bertz CT molecular complexity index is 1580. The molecule has 0 amide bonds. The van der Waals surface area contributed by atoms with Crippen LogP contribution in [0.3, 0.4) is 0 Å². The van der Waals surface area contributed by atoms with Crippen molar-refractivity contribution in [1.82, 2.24) is 9.97 Å². The molecule has 0 N–H and O–H groups in total. The maximum Gasteiger partial charge on any atom is 0.0710 e. The molecule has 0 spiro atoms. The molecule has 4 aliphatic carbocycles. The van der Waals surface area contributed by atoms with Crippen LogP contribution in [0.1, 0.15) is 5.69 Å². The Morgan fingerprint density at radius 2 is 1.46 bits per heavy atom. The van der Waals surface area contributed by atoms with Crippen LogP contribution in [0.25, 0.3) is 33.3 Å². The van der Waals surface area contributed by atoms with Gasteiger partial charge in [-0.05, 0) is 52.8 Å². The largest absolute Gasteiger partial charge is 0.480 e. The predicted octanol–water partition coefficient (Wildman–Crippen LogP) is 8.05. The molecule has 191 valence electrons. The molecule has 4 aliphatic rings. The summed E-state index contributed by atoms with van der Waals surface area (Å²) in [5.41, 5.74) is 6.23. The van der Waals surface area contributed by atoms with E-state index in [1.165, 1.54) is 16.5 Å². The van der Waals surface area contributed by atoms with Gasteiger partial charge in [-0.15, -0.1) is 48.0 Å². The molecule has 2 atom stereocenters. The molecular weight excluding hydrogens is 653 g/mol. The van der Waals surface area contributed by atoms with E-state index in [1.807, 2.05) is 42.5 Å². The third kappa shape index (κ3) is 4.85. The van der Waals surface area contributed by atoms with Crippen LogP contribution in [0.4, 0.5) is 0 Å². The second-order valence-corrected chi connectivity index (χ2v) is 10.1. The van der Waals surface area contributed by atoms with Gasteiger partial charge in [-0.1, -0.05) is 78.2 Å². The number of aromatic nitrogens is 2. The molecule has 2 nitrogen and oxygen atoms in total. The Balaban J connectivity index is 0.000000180. The standard InChI is InChI=1S/C25H18N.C11H8N.Ir/c1-2-6-17(7-3-1)22-16-24(26-23-9-5-4-8-21(22)23)25-13-10-18-19(11-14-25)20(18)12-15-25;1-2-6-10(7-3-1)11-8-4-5-9-12-11;/h1-14,16,18-20H;1-6,8-9H;/q2*-1;. The van der Waals surface area contributed by atoms with Gasteiger partial charge in [0.25, 0.3) is 0 Å². The Kier molecular flexibility index (Phi) is 6.95. The van der Waals surface area contributed by atoms with Crippen molar-refractivity contribution in [2.45, 2.75) is 5.41 Å². The van der Waals surface area contributed by atoms with Crippen molar-refractivity contribution in [3.63, 3.8) is 0 Å². The van der Waals surface area contributed by atoms with E-state index in [4.69, 9.17) is 4.98 Å². The minimum Gasteiger partial charge on any atom is -0.480 e. The number of benzene rings is 3. The van der Waals surface area contributed by atoms with Crippen molar-refractivity contribution in [1.29, 1.82) is 0 Å². The topological polar surface area (TPSA) is 25.8 Å². The number of para-hydroxylation sites is 1. The molecule has 5 aromatic rings. The van der Waals surface area contributed by atoms with Gasteiger partial charge >= 0.3 is 0 Å². The molecule has 4 bridgehead atoms. The van der Waals surface area contributed by atoms with E-state index >= 15 is 0 Å². The first-order valence-electron chi connectivity index (χ1n) is 13.1. The molecule has 0 aliphatic heterocycles. The smallest absolute Gasteiger partial charge is 0.0710 e. The van der Waals surface area contributed by atoms with Gasteiger partial charge in [0, 0.05) is 37.4 Å². The number of hydrogen-bond donors (Lipinski definition) is 0. The first kappa shape index (κ1) is 25.4. The number of hydrogen-bond acceptors (Lipinski definition) is 2. The summed E-state index contributed by atoms with van der Waals surface area (Å²) in [5, 5.41) is 1.20. The summed E-state index contributed by atoms with van der Waals surface area (Å²) in [6, 6.07) is 38.1. The molecule has 1 radical (unpaired) electrons. The third-order valence-electron chi connectivity index (χ3n) is 7.74. The molecular formula is C36H26IrN2-2. The summed E-state index contributed by atoms with van der Waals surface area (Å²) in [6.45, 7) is 0. The van der Waals surface area contributed by atoms with E-state index in [2.05, 4.69) is 108 Å². The molecule has 0 saturated heterocycles. The van der Waals surface area contributed by atoms with E-state index in [1.54, 1.807) is 6.20 Å². The number of nitrogens with zero attached hydrogens (tertiary/aromatic N) is 2. The summed E-state index contributed by atoms with van der Waals surface area (Å²) >= 11 is 0. The quantitative estimate of drug-likeness (QED) is 0.143. The molecule has 1 fully saturated rings. The summed E-state index contributed by atoms with van der Waals surface area (Å²) in [4.78, 5) is 9.28.